The van der Waals surface area contributed by atoms with Gasteiger partial charge in [0.15, 0.2) is 0 Å². The van der Waals surface area contributed by atoms with Crippen molar-refractivity contribution in [2.24, 2.45) is 0 Å². The van der Waals surface area contributed by atoms with Gasteiger partial charge in [0, 0.05) is 18.8 Å². The number of nitrogens with one attached hydrogen (secondary N) is 2. The summed E-state index contributed by atoms with van der Waals surface area (Å²) in [6.45, 7) is 0.532. The minimum absolute atomic E-state index is 0.0552. The summed E-state index contributed by atoms with van der Waals surface area (Å²) in [5.74, 6) is -1.23. The van der Waals surface area contributed by atoms with E-state index in [2.05, 4.69) is 9.97 Å². The molecule has 0 bridgehead atoms. The number of amides is 1. The smallest absolute Gasteiger partial charge is 0.323 e. The lowest BCUT2D eigenvalue weighted by Gasteiger charge is -2.34. The van der Waals surface area contributed by atoms with Crippen LogP contribution in [0.2, 0.25) is 0 Å². The molecule has 1 fully saturated rings. The van der Waals surface area contributed by atoms with Crippen molar-refractivity contribution in [3.8, 4) is 0 Å². The number of piperidine rings is 1. The van der Waals surface area contributed by atoms with Gasteiger partial charge in [-0.15, -0.1) is 0 Å². The Labute approximate surface area is 103 Å². The Morgan fingerprint density at radius 1 is 1.44 bits per heavy atom. The van der Waals surface area contributed by atoms with Crippen LogP contribution in [0.4, 0.5) is 0 Å². The number of imidazole rings is 1. The van der Waals surface area contributed by atoms with Crippen LogP contribution in [0.25, 0.3) is 0 Å². The van der Waals surface area contributed by atoms with E-state index in [1.807, 2.05) is 0 Å². The van der Waals surface area contributed by atoms with Crippen molar-refractivity contribution in [3.05, 3.63) is 22.4 Å². The maximum Gasteiger partial charge on any atom is 0.323 e. The first-order valence-corrected chi connectivity index (χ1v) is 5.88. The van der Waals surface area contributed by atoms with Crippen molar-refractivity contribution in [1.82, 2.24) is 14.9 Å². The summed E-state index contributed by atoms with van der Waals surface area (Å²) in [4.78, 5) is 40.2. The van der Waals surface area contributed by atoms with Gasteiger partial charge in [0.2, 0.25) is 0 Å². The van der Waals surface area contributed by atoms with E-state index in [1.54, 1.807) is 0 Å². The van der Waals surface area contributed by atoms with Crippen molar-refractivity contribution in [1.29, 1.82) is 0 Å². The average Bonchev–Trinajstić information content (AvgIpc) is 2.75. The topological polar surface area (TPSA) is 106 Å². The minimum Gasteiger partial charge on any atom is -0.481 e. The minimum atomic E-state index is -0.915. The van der Waals surface area contributed by atoms with E-state index in [-0.39, 0.29) is 24.1 Å². The van der Waals surface area contributed by atoms with Crippen LogP contribution in [0, 0.1) is 0 Å². The van der Waals surface area contributed by atoms with Gasteiger partial charge in [-0.05, 0) is 19.3 Å². The normalized spacial score (nSPS) is 19.8. The van der Waals surface area contributed by atoms with Crippen LogP contribution in [-0.2, 0) is 4.79 Å². The van der Waals surface area contributed by atoms with E-state index in [1.165, 1.54) is 11.1 Å². The Hall–Kier alpha value is -2.05. The van der Waals surface area contributed by atoms with Crippen LogP contribution in [0.3, 0.4) is 0 Å². The van der Waals surface area contributed by atoms with E-state index in [0.717, 1.165) is 12.8 Å². The first kappa shape index (κ1) is 12.4. The van der Waals surface area contributed by atoms with E-state index in [4.69, 9.17) is 5.11 Å². The van der Waals surface area contributed by atoms with E-state index in [9.17, 15) is 14.4 Å². The summed E-state index contributed by atoms with van der Waals surface area (Å²) in [5.41, 5.74) is -0.262. The van der Waals surface area contributed by atoms with Crippen LogP contribution >= 0.6 is 0 Å². The third-order valence-electron chi connectivity index (χ3n) is 3.12. The lowest BCUT2D eigenvalue weighted by Crippen LogP contribution is -2.45. The molecule has 0 saturated carbocycles. The van der Waals surface area contributed by atoms with Crippen LogP contribution in [0.15, 0.2) is 11.0 Å². The third-order valence-corrected chi connectivity index (χ3v) is 3.12. The summed E-state index contributed by atoms with van der Waals surface area (Å²) in [5, 5.41) is 8.84. The van der Waals surface area contributed by atoms with Gasteiger partial charge in [0.1, 0.15) is 5.69 Å². The second kappa shape index (κ2) is 5.07. The Balaban J connectivity index is 2.15. The Morgan fingerprint density at radius 2 is 2.22 bits per heavy atom. The van der Waals surface area contributed by atoms with Gasteiger partial charge in [-0.3, -0.25) is 9.59 Å². The SMILES string of the molecule is O=C(O)CC1CCCCN1C(=O)c1c[nH]c(=O)[nH]1. The monoisotopic (exact) mass is 253 g/mol. The van der Waals surface area contributed by atoms with Gasteiger partial charge < -0.3 is 20.0 Å². The van der Waals surface area contributed by atoms with E-state index in [0.29, 0.717) is 13.0 Å². The van der Waals surface area contributed by atoms with Crippen molar-refractivity contribution < 1.29 is 14.7 Å². The zero-order chi connectivity index (χ0) is 13.1. The molecule has 0 aromatic carbocycles. The molecule has 1 aliphatic heterocycles. The molecule has 98 valence electrons. The number of carboxylic acid groups (broad SMARTS) is 1. The van der Waals surface area contributed by atoms with Gasteiger partial charge in [-0.1, -0.05) is 0 Å². The number of aromatic nitrogens is 2. The van der Waals surface area contributed by atoms with Crippen molar-refractivity contribution in [2.75, 3.05) is 6.54 Å². The number of hydrogen-bond acceptors (Lipinski definition) is 3. The second-order valence-corrected chi connectivity index (χ2v) is 4.40. The second-order valence-electron chi connectivity index (χ2n) is 4.40. The predicted molar refractivity (Wildman–Crippen MR) is 62.3 cm³/mol. The van der Waals surface area contributed by atoms with Crippen molar-refractivity contribution in [2.45, 2.75) is 31.7 Å². The summed E-state index contributed by atoms with van der Waals surface area (Å²) in [6, 6.07) is -0.290. The molecule has 0 aliphatic carbocycles. The fourth-order valence-corrected chi connectivity index (χ4v) is 2.28. The molecule has 1 aromatic rings. The molecule has 1 aliphatic rings. The summed E-state index contributed by atoms with van der Waals surface area (Å²) < 4.78 is 0. The van der Waals surface area contributed by atoms with Crippen LogP contribution in [0.1, 0.15) is 36.2 Å². The van der Waals surface area contributed by atoms with Gasteiger partial charge >= 0.3 is 11.7 Å². The lowest BCUT2D eigenvalue weighted by atomic mass is 9.99. The van der Waals surface area contributed by atoms with Gasteiger partial charge in [-0.25, -0.2) is 4.79 Å². The molecule has 1 amide bonds. The van der Waals surface area contributed by atoms with Gasteiger partial charge in [-0.2, -0.15) is 0 Å². The Kier molecular flexibility index (Phi) is 3.50. The quantitative estimate of drug-likeness (QED) is 0.714. The number of rotatable bonds is 3. The van der Waals surface area contributed by atoms with Crippen LogP contribution in [-0.4, -0.2) is 44.4 Å². The molecule has 7 nitrogen and oxygen atoms in total. The first-order valence-electron chi connectivity index (χ1n) is 5.88. The molecule has 2 heterocycles. The zero-order valence-electron chi connectivity index (χ0n) is 9.81. The number of carbonyl (C=O) groups excluding carboxylic acids is 1. The van der Waals surface area contributed by atoms with Crippen LogP contribution < -0.4 is 5.69 Å². The van der Waals surface area contributed by atoms with E-state index < -0.39 is 11.7 Å². The molecular formula is C11H15N3O4. The summed E-state index contributed by atoms with van der Waals surface area (Å²) in [6.07, 6.45) is 3.73. The number of nitrogens with zero attached hydrogens (tertiary/aromatic N) is 1. The summed E-state index contributed by atoms with van der Waals surface area (Å²) >= 11 is 0. The molecule has 18 heavy (non-hydrogen) atoms. The molecule has 3 N–H and O–H groups in total. The molecule has 1 unspecified atom stereocenters. The van der Waals surface area contributed by atoms with Crippen molar-refractivity contribution in [3.63, 3.8) is 0 Å². The third kappa shape index (κ3) is 2.61. The van der Waals surface area contributed by atoms with Gasteiger partial charge in [0.25, 0.3) is 5.91 Å². The standard InChI is InChI=1S/C11H15N3O4/c15-9(16)5-7-3-1-2-4-14(7)10(17)8-6-12-11(18)13-8/h6-7H,1-5H2,(H,15,16)(H2,12,13,18). The molecule has 1 saturated heterocycles. The summed E-state index contributed by atoms with van der Waals surface area (Å²) in [7, 11) is 0. The van der Waals surface area contributed by atoms with E-state index >= 15 is 0 Å². The molecule has 0 radical (unpaired) electrons. The molecule has 7 heteroatoms. The van der Waals surface area contributed by atoms with Crippen molar-refractivity contribution >= 4 is 11.9 Å². The molecule has 0 spiro atoms. The maximum absolute atomic E-state index is 12.1. The molecule has 1 atom stereocenters. The molecular weight excluding hydrogens is 238 g/mol. The zero-order valence-corrected chi connectivity index (χ0v) is 9.81. The lowest BCUT2D eigenvalue weighted by molar-refractivity contribution is -0.138. The maximum atomic E-state index is 12.1. The largest absolute Gasteiger partial charge is 0.481 e. The van der Waals surface area contributed by atoms with Crippen LogP contribution in [0.5, 0.6) is 0 Å². The highest BCUT2D eigenvalue weighted by Gasteiger charge is 2.29. The predicted octanol–water partition coefficient (Wildman–Crippen LogP) is 0.172. The first-order chi connectivity index (χ1) is 8.58. The highest BCUT2D eigenvalue weighted by Crippen LogP contribution is 2.21. The highest BCUT2D eigenvalue weighted by molar-refractivity contribution is 5.92. The number of H-pyrrole nitrogens is 2. The number of carboxylic acids is 1. The Bertz CT molecular complexity index is 504. The van der Waals surface area contributed by atoms with Gasteiger partial charge in [0.05, 0.1) is 6.42 Å². The Morgan fingerprint density at radius 3 is 2.83 bits per heavy atom. The number of likely N-dealkylation sites (tertiary alicyclic amines) is 1. The molecule has 1 aromatic heterocycles. The molecule has 2 rings (SSSR count). The average molecular weight is 253 g/mol. The fourth-order valence-electron chi connectivity index (χ4n) is 2.28. The number of hydrogen-bond donors (Lipinski definition) is 3. The highest BCUT2D eigenvalue weighted by atomic mass is 16.4. The number of aliphatic carboxylic acids is 1. The fraction of sp³-hybridized carbons (Fsp3) is 0.545. The number of aromatic amines is 2. The number of carbonyl (C=O) groups is 2.